The van der Waals surface area contributed by atoms with Gasteiger partial charge in [-0.05, 0) is 24.2 Å². The zero-order chi connectivity index (χ0) is 14.2. The number of amides is 1. The summed E-state index contributed by atoms with van der Waals surface area (Å²) in [6.07, 6.45) is 0.699. The topological polar surface area (TPSA) is 66.8 Å². The highest BCUT2D eigenvalue weighted by molar-refractivity contribution is 8.05. The average Bonchev–Trinajstić information content (AvgIpc) is 2.69. The van der Waals surface area contributed by atoms with Gasteiger partial charge >= 0.3 is 5.97 Å². The number of hydrogen-bond acceptors (Lipinski definition) is 6. The van der Waals surface area contributed by atoms with E-state index in [0.717, 1.165) is 0 Å². The van der Waals surface area contributed by atoms with Crippen LogP contribution in [-0.4, -0.2) is 51.0 Å². The number of carbonyl (C=O) groups excluding carboxylic acids is 2. The second kappa shape index (κ2) is 5.46. The Labute approximate surface area is 120 Å². The molecule has 7 heteroatoms. The van der Waals surface area contributed by atoms with Crippen LogP contribution >= 0.6 is 24.0 Å². The number of hydrogen-bond donors (Lipinski definition) is 1. The first-order valence-electron chi connectivity index (χ1n) is 5.72. The lowest BCUT2D eigenvalue weighted by Gasteiger charge is -2.44. The number of thiocarbonyl (C=S) groups is 1. The summed E-state index contributed by atoms with van der Waals surface area (Å²) in [7, 11) is 0. The van der Waals surface area contributed by atoms with Crippen molar-refractivity contribution in [1.29, 1.82) is 0 Å². The molecule has 2 aliphatic heterocycles. The minimum atomic E-state index is -0.824. The van der Waals surface area contributed by atoms with E-state index in [1.807, 2.05) is 0 Å². The summed E-state index contributed by atoms with van der Waals surface area (Å²) < 4.78 is 4.97. The molecular weight excluding hydrogens is 286 g/mol. The van der Waals surface area contributed by atoms with Crippen molar-refractivity contribution in [3.05, 3.63) is 17.6 Å². The summed E-state index contributed by atoms with van der Waals surface area (Å²) >= 11 is 6.05. The van der Waals surface area contributed by atoms with Gasteiger partial charge in [0.25, 0.3) is 0 Å². The SMILES string of the molecule is C=CCOC(=O)C1C(=C=S)S[C@@H]2[C@@H](C(C)O)C(=O)N12. The molecule has 102 valence electrons. The third kappa shape index (κ3) is 2.23. The third-order valence-corrected chi connectivity index (χ3v) is 4.77. The van der Waals surface area contributed by atoms with Gasteiger partial charge in [0.2, 0.25) is 5.91 Å². The summed E-state index contributed by atoms with van der Waals surface area (Å²) in [5.41, 5.74) is 0. The Morgan fingerprint density at radius 1 is 1.79 bits per heavy atom. The van der Waals surface area contributed by atoms with Gasteiger partial charge < -0.3 is 14.7 Å². The minimum Gasteiger partial charge on any atom is -0.460 e. The van der Waals surface area contributed by atoms with Crippen LogP contribution in [0.2, 0.25) is 0 Å². The van der Waals surface area contributed by atoms with Gasteiger partial charge in [0.15, 0.2) is 6.04 Å². The Morgan fingerprint density at radius 3 is 3.00 bits per heavy atom. The molecule has 2 unspecified atom stereocenters. The van der Waals surface area contributed by atoms with E-state index in [4.69, 9.17) is 17.0 Å². The molecule has 0 aromatic carbocycles. The van der Waals surface area contributed by atoms with Crippen LogP contribution in [0.3, 0.4) is 0 Å². The molecule has 2 heterocycles. The first-order valence-corrected chi connectivity index (χ1v) is 7.01. The van der Waals surface area contributed by atoms with Crippen LogP contribution in [0.1, 0.15) is 6.92 Å². The molecule has 0 saturated carbocycles. The second-order valence-electron chi connectivity index (χ2n) is 4.31. The number of fused-ring (bicyclic) bond motifs is 1. The third-order valence-electron chi connectivity index (χ3n) is 3.08. The monoisotopic (exact) mass is 299 g/mol. The maximum atomic E-state index is 12.0. The molecule has 4 atom stereocenters. The molecular formula is C12H13NO4S2. The Kier molecular flexibility index (Phi) is 4.10. The number of nitrogens with zero attached hydrogens (tertiary/aromatic N) is 1. The summed E-state index contributed by atoms with van der Waals surface area (Å²) in [4.78, 5) is 25.8. The van der Waals surface area contributed by atoms with Crippen LogP contribution in [0.25, 0.3) is 0 Å². The van der Waals surface area contributed by atoms with E-state index in [1.54, 1.807) is 6.92 Å². The Bertz CT molecular complexity index is 484. The van der Waals surface area contributed by atoms with Crippen molar-refractivity contribution in [1.82, 2.24) is 4.90 Å². The van der Waals surface area contributed by atoms with Crippen molar-refractivity contribution in [2.75, 3.05) is 6.61 Å². The molecule has 0 radical (unpaired) electrons. The van der Waals surface area contributed by atoms with Gasteiger partial charge in [0.1, 0.15) is 6.61 Å². The van der Waals surface area contributed by atoms with Crippen LogP contribution in [0.5, 0.6) is 0 Å². The van der Waals surface area contributed by atoms with E-state index in [0.29, 0.717) is 4.91 Å². The highest BCUT2D eigenvalue weighted by atomic mass is 32.2. The fraction of sp³-hybridized carbons (Fsp3) is 0.500. The van der Waals surface area contributed by atoms with E-state index >= 15 is 0 Å². The molecule has 2 saturated heterocycles. The Morgan fingerprint density at radius 2 is 2.47 bits per heavy atom. The minimum absolute atomic E-state index is 0.0806. The number of rotatable bonds is 4. The van der Waals surface area contributed by atoms with Gasteiger partial charge in [-0.25, -0.2) is 4.79 Å². The van der Waals surface area contributed by atoms with Crippen molar-refractivity contribution < 1.29 is 19.4 Å². The van der Waals surface area contributed by atoms with Gasteiger partial charge in [-0.2, -0.15) is 0 Å². The Balaban J connectivity index is 2.20. The zero-order valence-electron chi connectivity index (χ0n) is 10.2. The van der Waals surface area contributed by atoms with E-state index in [2.05, 4.69) is 11.6 Å². The first kappa shape index (κ1) is 14.3. The smallest absolute Gasteiger partial charge is 0.335 e. The highest BCUT2D eigenvalue weighted by Crippen LogP contribution is 2.50. The standard InChI is InChI=1S/C12H13NO4S2/c1-3-4-17-12(16)9-7(5-18)19-11-8(6(2)14)10(15)13(9)11/h3,6,8-9,11,14H,1,4H2,2H3/t6?,8-,9?,11+/m0/s1. The van der Waals surface area contributed by atoms with Crippen LogP contribution in [-0.2, 0) is 14.3 Å². The van der Waals surface area contributed by atoms with E-state index in [-0.39, 0.29) is 17.9 Å². The molecule has 0 bridgehead atoms. The van der Waals surface area contributed by atoms with Gasteiger partial charge in [-0.1, -0.05) is 24.4 Å². The first-order chi connectivity index (χ1) is 9.02. The summed E-state index contributed by atoms with van der Waals surface area (Å²) in [6, 6.07) is -0.824. The van der Waals surface area contributed by atoms with Gasteiger partial charge in [0, 0.05) is 0 Å². The number of β-lactam (4-membered cyclic amide) rings is 1. The van der Waals surface area contributed by atoms with Crippen LogP contribution < -0.4 is 0 Å². The summed E-state index contributed by atoms with van der Waals surface area (Å²) in [5, 5.41) is 11.8. The predicted molar refractivity (Wildman–Crippen MR) is 74.5 cm³/mol. The predicted octanol–water partition coefficient (Wildman–Crippen LogP) is 0.479. The lowest BCUT2D eigenvalue weighted by Crippen LogP contribution is -2.64. The number of ether oxygens (including phenoxy) is 1. The molecule has 0 aromatic heterocycles. The summed E-state index contributed by atoms with van der Waals surface area (Å²) in [6.45, 7) is 5.10. The molecule has 2 aliphatic rings. The fourth-order valence-electron chi connectivity index (χ4n) is 2.20. The van der Waals surface area contributed by atoms with Gasteiger partial charge in [0.05, 0.1) is 22.3 Å². The number of esters is 1. The maximum absolute atomic E-state index is 12.0. The van der Waals surface area contributed by atoms with Crippen LogP contribution in [0, 0.1) is 5.92 Å². The normalized spacial score (nSPS) is 30.2. The lowest BCUT2D eigenvalue weighted by molar-refractivity contribution is -0.167. The molecule has 0 aliphatic carbocycles. The van der Waals surface area contributed by atoms with E-state index in [9.17, 15) is 14.7 Å². The molecule has 0 spiro atoms. The molecule has 5 nitrogen and oxygen atoms in total. The van der Waals surface area contributed by atoms with Crippen molar-refractivity contribution >= 4 is 40.9 Å². The fourth-order valence-corrected chi connectivity index (χ4v) is 3.93. The lowest BCUT2D eigenvalue weighted by atomic mass is 9.91. The van der Waals surface area contributed by atoms with Gasteiger partial charge in [-0.15, -0.1) is 0 Å². The van der Waals surface area contributed by atoms with Crippen LogP contribution in [0.15, 0.2) is 17.6 Å². The average molecular weight is 299 g/mol. The quantitative estimate of drug-likeness (QED) is 0.352. The molecule has 1 N–H and O–H groups in total. The van der Waals surface area contributed by atoms with Crippen molar-refractivity contribution in [2.45, 2.75) is 24.4 Å². The van der Waals surface area contributed by atoms with Crippen molar-refractivity contribution in [3.8, 4) is 0 Å². The van der Waals surface area contributed by atoms with Gasteiger partial charge in [-0.3, -0.25) is 4.79 Å². The van der Waals surface area contributed by atoms with E-state index in [1.165, 1.54) is 22.7 Å². The Hall–Kier alpha value is -1.14. The van der Waals surface area contributed by atoms with Crippen molar-refractivity contribution in [2.24, 2.45) is 5.92 Å². The molecule has 2 fully saturated rings. The zero-order valence-corrected chi connectivity index (χ0v) is 11.9. The number of carbonyl (C=O) groups is 2. The van der Waals surface area contributed by atoms with E-state index < -0.39 is 24.0 Å². The number of thioether (sulfide) groups is 1. The molecule has 0 aromatic rings. The largest absolute Gasteiger partial charge is 0.460 e. The number of aliphatic hydroxyl groups is 1. The number of aliphatic hydroxyl groups excluding tert-OH is 1. The summed E-state index contributed by atoms with van der Waals surface area (Å²) in [5.74, 6) is -1.30. The van der Waals surface area contributed by atoms with Crippen LogP contribution in [0.4, 0.5) is 0 Å². The highest BCUT2D eigenvalue weighted by Gasteiger charge is 2.60. The molecule has 2 rings (SSSR count). The van der Waals surface area contributed by atoms with Crippen molar-refractivity contribution in [3.63, 3.8) is 0 Å². The molecule has 1 amide bonds. The molecule has 19 heavy (non-hydrogen) atoms. The maximum Gasteiger partial charge on any atom is 0.335 e. The second-order valence-corrected chi connectivity index (χ2v) is 5.67.